The van der Waals surface area contributed by atoms with Gasteiger partial charge in [0.2, 0.25) is 5.91 Å². The molecule has 174 valence electrons. The van der Waals surface area contributed by atoms with Crippen molar-refractivity contribution in [3.63, 3.8) is 0 Å². The normalized spacial score (nSPS) is 27.2. The summed E-state index contributed by atoms with van der Waals surface area (Å²) in [5.74, 6) is 2.40. The number of benzene rings is 2. The van der Waals surface area contributed by atoms with E-state index in [4.69, 9.17) is 0 Å². The van der Waals surface area contributed by atoms with Gasteiger partial charge in [-0.05, 0) is 86.6 Å². The van der Waals surface area contributed by atoms with Crippen LogP contribution in [-0.2, 0) is 4.79 Å². The molecule has 33 heavy (non-hydrogen) atoms. The van der Waals surface area contributed by atoms with Crippen molar-refractivity contribution in [1.82, 2.24) is 4.90 Å². The third-order valence-electron chi connectivity index (χ3n) is 7.60. The van der Waals surface area contributed by atoms with Gasteiger partial charge in [-0.15, -0.1) is 0 Å². The smallest absolute Gasteiger partial charge is 0.253 e. The highest BCUT2D eigenvalue weighted by molar-refractivity contribution is 5.98. The Morgan fingerprint density at radius 2 is 1.55 bits per heavy atom. The second-order valence-corrected chi connectivity index (χ2v) is 10.6. The molecule has 6 rings (SSSR count). The first-order chi connectivity index (χ1) is 15.9. The first-order valence-electron chi connectivity index (χ1n) is 12.1. The minimum absolute atomic E-state index is 0.0890. The molecule has 4 aliphatic rings. The van der Waals surface area contributed by atoms with Crippen LogP contribution in [0, 0.1) is 17.8 Å². The van der Waals surface area contributed by atoms with Gasteiger partial charge in [0.05, 0.1) is 17.9 Å². The Balaban J connectivity index is 1.22. The molecule has 4 saturated carbocycles. The van der Waals surface area contributed by atoms with Crippen molar-refractivity contribution < 1.29 is 9.59 Å². The second kappa shape index (κ2) is 8.73. The molecule has 4 aliphatic carbocycles. The molecule has 4 fully saturated rings. The molecule has 0 unspecified atom stereocenters. The number of anilines is 3. The number of carbonyl (C=O) groups is 2. The van der Waals surface area contributed by atoms with Crippen molar-refractivity contribution in [2.24, 2.45) is 17.8 Å². The van der Waals surface area contributed by atoms with Gasteiger partial charge in [0.25, 0.3) is 5.91 Å². The maximum atomic E-state index is 12.6. The largest absolute Gasteiger partial charge is 0.378 e. The molecule has 4 bridgehead atoms. The third kappa shape index (κ3) is 4.70. The second-order valence-electron chi connectivity index (χ2n) is 10.6. The van der Waals surface area contributed by atoms with Gasteiger partial charge in [0.15, 0.2) is 0 Å². The van der Waals surface area contributed by atoms with Gasteiger partial charge in [-0.3, -0.25) is 9.59 Å². The number of hydrogen-bond donors (Lipinski definition) is 3. The Kier molecular flexibility index (Phi) is 5.77. The molecule has 6 nitrogen and oxygen atoms in total. The molecule has 0 saturated heterocycles. The first-order valence-corrected chi connectivity index (χ1v) is 12.1. The van der Waals surface area contributed by atoms with Crippen molar-refractivity contribution >= 4 is 28.9 Å². The Morgan fingerprint density at radius 3 is 2.18 bits per heavy atom. The Morgan fingerprint density at radius 1 is 0.909 bits per heavy atom. The molecule has 0 aromatic heterocycles. The van der Waals surface area contributed by atoms with E-state index in [1.165, 1.54) is 43.4 Å². The van der Waals surface area contributed by atoms with E-state index in [0.29, 0.717) is 11.3 Å². The number of amides is 2. The molecule has 6 heteroatoms. The van der Waals surface area contributed by atoms with E-state index in [2.05, 4.69) is 28.1 Å². The van der Waals surface area contributed by atoms with E-state index in [1.54, 1.807) is 38.4 Å². The van der Waals surface area contributed by atoms with Crippen molar-refractivity contribution in [3.05, 3.63) is 54.1 Å². The molecule has 3 N–H and O–H groups in total. The van der Waals surface area contributed by atoms with Gasteiger partial charge in [-0.1, -0.05) is 18.2 Å². The lowest BCUT2D eigenvalue weighted by atomic mass is 9.53. The fraction of sp³-hybridized carbons (Fsp3) is 0.481. The molecule has 0 radical (unpaired) electrons. The van der Waals surface area contributed by atoms with Crippen LogP contribution < -0.4 is 16.0 Å². The van der Waals surface area contributed by atoms with Crippen molar-refractivity contribution in [2.75, 3.05) is 36.6 Å². The number of nitrogens with one attached hydrogen (secondary N) is 3. The summed E-state index contributed by atoms with van der Waals surface area (Å²) < 4.78 is 0. The zero-order chi connectivity index (χ0) is 23.0. The highest BCUT2D eigenvalue weighted by Gasteiger charge is 2.51. The molecule has 2 aromatic rings. The van der Waals surface area contributed by atoms with Gasteiger partial charge in [-0.25, -0.2) is 0 Å². The van der Waals surface area contributed by atoms with Gasteiger partial charge in [0, 0.05) is 30.9 Å². The van der Waals surface area contributed by atoms with Crippen LogP contribution in [0.1, 0.15) is 48.9 Å². The fourth-order valence-electron chi connectivity index (χ4n) is 6.66. The van der Waals surface area contributed by atoms with Crippen LogP contribution in [-0.4, -0.2) is 42.9 Å². The molecule has 0 heterocycles. The molecule has 0 aliphatic heterocycles. The van der Waals surface area contributed by atoms with Crippen LogP contribution in [0.25, 0.3) is 0 Å². The van der Waals surface area contributed by atoms with E-state index in [1.807, 2.05) is 12.1 Å². The fourth-order valence-corrected chi connectivity index (χ4v) is 6.66. The topological polar surface area (TPSA) is 73.5 Å². The van der Waals surface area contributed by atoms with Crippen LogP contribution >= 0.6 is 0 Å². The van der Waals surface area contributed by atoms with E-state index >= 15 is 0 Å². The lowest BCUT2D eigenvalue weighted by Crippen LogP contribution is -2.54. The predicted octanol–water partition coefficient (Wildman–Crippen LogP) is 4.82. The number of carbonyl (C=O) groups excluding carboxylic acids is 2. The SMILES string of the molecule is CN(C)C(=O)c1cccc(NC(=O)CNc2ccccc2NC23CC4CC(CC(C4)C2)C3)c1. The average molecular weight is 447 g/mol. The van der Waals surface area contributed by atoms with Crippen molar-refractivity contribution in [3.8, 4) is 0 Å². The van der Waals surface area contributed by atoms with Crippen LogP contribution in [0.15, 0.2) is 48.5 Å². The standard InChI is InChI=1S/C27H34N4O2/c1-31(2)26(33)21-6-5-7-22(13-21)29-25(32)17-28-23-8-3-4-9-24(23)30-27-14-18-10-19(15-27)12-20(11-18)16-27/h3-9,13,18-20,28,30H,10-12,14-17H2,1-2H3,(H,29,32). The lowest BCUT2D eigenvalue weighted by Gasteiger charge is -2.57. The zero-order valence-electron chi connectivity index (χ0n) is 19.6. The minimum Gasteiger partial charge on any atom is -0.378 e. The monoisotopic (exact) mass is 446 g/mol. The Hall–Kier alpha value is -3.02. The lowest BCUT2D eigenvalue weighted by molar-refractivity contribution is -0.114. The molecule has 0 atom stereocenters. The minimum atomic E-state index is -0.144. The Labute approximate surface area is 196 Å². The van der Waals surface area contributed by atoms with Crippen LogP contribution in [0.5, 0.6) is 0 Å². The zero-order valence-corrected chi connectivity index (χ0v) is 19.6. The first kappa shape index (κ1) is 21.8. The summed E-state index contributed by atoms with van der Waals surface area (Å²) in [6.07, 6.45) is 8.08. The van der Waals surface area contributed by atoms with E-state index < -0.39 is 0 Å². The van der Waals surface area contributed by atoms with E-state index in [9.17, 15) is 9.59 Å². The van der Waals surface area contributed by atoms with Gasteiger partial charge >= 0.3 is 0 Å². The average Bonchev–Trinajstić information content (AvgIpc) is 2.77. The highest BCUT2D eigenvalue weighted by atomic mass is 16.2. The summed E-state index contributed by atoms with van der Waals surface area (Å²) in [6, 6.07) is 15.3. The number of nitrogens with zero attached hydrogens (tertiary/aromatic N) is 1. The van der Waals surface area contributed by atoms with Crippen molar-refractivity contribution in [1.29, 1.82) is 0 Å². The predicted molar refractivity (Wildman–Crippen MR) is 133 cm³/mol. The summed E-state index contributed by atoms with van der Waals surface area (Å²) >= 11 is 0. The molecule has 2 aromatic carbocycles. The van der Waals surface area contributed by atoms with Gasteiger partial charge < -0.3 is 20.9 Å². The number of hydrogen-bond acceptors (Lipinski definition) is 4. The van der Waals surface area contributed by atoms with E-state index in [0.717, 1.165) is 29.1 Å². The van der Waals surface area contributed by atoms with E-state index in [-0.39, 0.29) is 23.9 Å². The van der Waals surface area contributed by atoms with Crippen LogP contribution in [0.2, 0.25) is 0 Å². The molecular weight excluding hydrogens is 412 g/mol. The maximum absolute atomic E-state index is 12.6. The maximum Gasteiger partial charge on any atom is 0.253 e. The van der Waals surface area contributed by atoms with Gasteiger partial charge in [0.1, 0.15) is 0 Å². The van der Waals surface area contributed by atoms with Crippen molar-refractivity contribution in [2.45, 2.75) is 44.1 Å². The quantitative estimate of drug-likeness (QED) is 0.570. The summed E-state index contributed by atoms with van der Waals surface area (Å²) in [4.78, 5) is 26.3. The summed E-state index contributed by atoms with van der Waals surface area (Å²) in [5.41, 5.74) is 3.44. The highest BCUT2D eigenvalue weighted by Crippen LogP contribution is 2.56. The van der Waals surface area contributed by atoms with Crippen LogP contribution in [0.4, 0.5) is 17.1 Å². The Bertz CT molecular complexity index is 1010. The summed E-state index contributed by atoms with van der Waals surface area (Å²) in [6.45, 7) is 0.158. The molecular formula is C27H34N4O2. The van der Waals surface area contributed by atoms with Gasteiger partial charge in [-0.2, -0.15) is 0 Å². The summed E-state index contributed by atoms with van der Waals surface area (Å²) in [7, 11) is 3.43. The van der Waals surface area contributed by atoms with Crippen LogP contribution in [0.3, 0.4) is 0 Å². The number of rotatable bonds is 7. The summed E-state index contributed by atoms with van der Waals surface area (Å²) in [5, 5.41) is 10.1. The third-order valence-corrected chi connectivity index (χ3v) is 7.60. The number of para-hydroxylation sites is 2. The molecule has 2 amide bonds. The molecule has 0 spiro atoms.